The van der Waals surface area contributed by atoms with Gasteiger partial charge in [0.15, 0.2) is 0 Å². The lowest BCUT2D eigenvalue weighted by Crippen LogP contribution is -2.56. The van der Waals surface area contributed by atoms with Crippen LogP contribution in [0.3, 0.4) is 0 Å². The Hall–Kier alpha value is -0.330. The molecule has 166 valence electrons. The van der Waals surface area contributed by atoms with Gasteiger partial charge in [-0.3, -0.25) is 4.79 Å². The molecule has 0 aliphatic heterocycles. The summed E-state index contributed by atoms with van der Waals surface area (Å²) in [6, 6.07) is 0. The van der Waals surface area contributed by atoms with Gasteiger partial charge >= 0.3 is 0 Å². The van der Waals surface area contributed by atoms with Gasteiger partial charge in [-0.25, -0.2) is 0 Å². The topological polar surface area (TPSA) is 17.1 Å². The molecule has 0 radical (unpaired) electrons. The molecule has 0 spiro atoms. The fourth-order valence-corrected chi connectivity index (χ4v) is 9.13. The molecular weight excluding hydrogens is 352 g/mol. The van der Waals surface area contributed by atoms with Gasteiger partial charge in [0.25, 0.3) is 0 Å². The molecule has 9 atom stereocenters. The number of ketones is 1. The van der Waals surface area contributed by atoms with E-state index in [0.29, 0.717) is 28.4 Å². The lowest BCUT2D eigenvalue weighted by atomic mass is 9.44. The van der Waals surface area contributed by atoms with E-state index < -0.39 is 0 Å². The molecule has 4 rings (SSSR count). The maximum absolute atomic E-state index is 13.2. The summed E-state index contributed by atoms with van der Waals surface area (Å²) < 4.78 is 0. The number of rotatable bonds is 5. The summed E-state index contributed by atoms with van der Waals surface area (Å²) in [4.78, 5) is 13.2. The van der Waals surface area contributed by atoms with Crippen LogP contribution in [-0.2, 0) is 4.79 Å². The van der Waals surface area contributed by atoms with Crippen molar-refractivity contribution < 1.29 is 4.79 Å². The SMILES string of the molecule is CC(C)[C@@H](C)CC[C@@H](C)[C@H]1CC[C@H]2[C@@H]3CC(=O)[C@H]4CCCC[C@]4(C)[C@H]3CC[C@]12C. The molecule has 0 bridgehead atoms. The molecule has 1 heteroatoms. The summed E-state index contributed by atoms with van der Waals surface area (Å²) in [5.74, 6) is 6.79. The number of hydrogen-bond donors (Lipinski definition) is 0. The highest BCUT2D eigenvalue weighted by molar-refractivity contribution is 5.83. The van der Waals surface area contributed by atoms with Crippen LogP contribution >= 0.6 is 0 Å². The van der Waals surface area contributed by atoms with E-state index in [2.05, 4.69) is 41.5 Å². The number of hydrogen-bond acceptors (Lipinski definition) is 1. The molecule has 0 heterocycles. The van der Waals surface area contributed by atoms with Crippen LogP contribution in [0, 0.1) is 58.2 Å². The second-order valence-electron chi connectivity index (χ2n) is 12.9. The van der Waals surface area contributed by atoms with Crippen LogP contribution < -0.4 is 0 Å². The average Bonchev–Trinajstić information content (AvgIpc) is 3.03. The van der Waals surface area contributed by atoms with Gasteiger partial charge in [-0.1, -0.05) is 67.2 Å². The minimum absolute atomic E-state index is 0.329. The van der Waals surface area contributed by atoms with E-state index in [0.717, 1.165) is 41.9 Å². The highest BCUT2D eigenvalue weighted by Gasteiger charge is 2.61. The van der Waals surface area contributed by atoms with Gasteiger partial charge in [-0.15, -0.1) is 0 Å². The van der Waals surface area contributed by atoms with Crippen LogP contribution in [0.5, 0.6) is 0 Å². The van der Waals surface area contributed by atoms with Crippen molar-refractivity contribution in [1.29, 1.82) is 0 Å². The molecule has 0 saturated heterocycles. The molecule has 4 saturated carbocycles. The van der Waals surface area contributed by atoms with Gasteiger partial charge in [0.1, 0.15) is 5.78 Å². The molecule has 4 aliphatic rings. The monoisotopic (exact) mass is 400 g/mol. The highest BCUT2D eigenvalue weighted by atomic mass is 16.1. The molecule has 4 fully saturated rings. The Kier molecular flexibility index (Phi) is 6.02. The lowest BCUT2D eigenvalue weighted by molar-refractivity contribution is -0.154. The Morgan fingerprint density at radius 1 is 0.862 bits per heavy atom. The van der Waals surface area contributed by atoms with Crippen LogP contribution in [0.4, 0.5) is 0 Å². The minimum atomic E-state index is 0.329. The van der Waals surface area contributed by atoms with Gasteiger partial charge < -0.3 is 0 Å². The number of Topliss-reactive ketones (excluding diaryl/α,β-unsaturated/α-hetero) is 1. The van der Waals surface area contributed by atoms with E-state index in [4.69, 9.17) is 0 Å². The van der Waals surface area contributed by atoms with E-state index >= 15 is 0 Å². The van der Waals surface area contributed by atoms with Gasteiger partial charge in [-0.2, -0.15) is 0 Å². The molecule has 0 N–H and O–H groups in total. The van der Waals surface area contributed by atoms with E-state index in [1.165, 1.54) is 64.2 Å². The summed E-state index contributed by atoms with van der Waals surface area (Å²) in [7, 11) is 0. The molecule has 29 heavy (non-hydrogen) atoms. The normalized spacial score (nSPS) is 46.7. The summed E-state index contributed by atoms with van der Waals surface area (Å²) in [6.45, 7) is 14.9. The van der Waals surface area contributed by atoms with Gasteiger partial charge in [0, 0.05) is 12.3 Å². The zero-order chi connectivity index (χ0) is 21.0. The molecule has 1 nitrogen and oxygen atoms in total. The number of carbonyl (C=O) groups is 1. The van der Waals surface area contributed by atoms with Crippen molar-refractivity contribution >= 4 is 5.78 Å². The van der Waals surface area contributed by atoms with Crippen molar-refractivity contribution in [2.24, 2.45) is 58.2 Å². The zero-order valence-corrected chi connectivity index (χ0v) is 20.3. The van der Waals surface area contributed by atoms with Crippen molar-refractivity contribution in [2.45, 2.75) is 112 Å². The van der Waals surface area contributed by atoms with Gasteiger partial charge in [0.2, 0.25) is 0 Å². The number of fused-ring (bicyclic) bond motifs is 5. The maximum atomic E-state index is 13.2. The molecule has 0 aromatic heterocycles. The first-order valence-electron chi connectivity index (χ1n) is 13.2. The van der Waals surface area contributed by atoms with Crippen LogP contribution in [0.25, 0.3) is 0 Å². The molecular formula is C28H48O. The predicted octanol–water partition coefficient (Wildman–Crippen LogP) is 7.92. The standard InChI is InChI=1S/C28H48O/c1-18(2)19(3)10-11-20(4)22-12-13-23-21-17-26(29)25-9-7-8-15-27(25,5)24(21)14-16-28(22,23)6/h18-25H,7-17H2,1-6H3/t19-,20+,21-,22+,23-,24-,25+,27+,28+/m0/s1. The zero-order valence-electron chi connectivity index (χ0n) is 20.3. The van der Waals surface area contributed by atoms with Crippen LogP contribution in [0.2, 0.25) is 0 Å². The second kappa shape index (κ2) is 7.98. The van der Waals surface area contributed by atoms with Crippen LogP contribution in [0.1, 0.15) is 112 Å². The first-order chi connectivity index (χ1) is 13.7. The third-order valence-electron chi connectivity index (χ3n) is 11.3. The Bertz CT molecular complexity index is 607. The average molecular weight is 401 g/mol. The lowest BCUT2D eigenvalue weighted by Gasteiger charge is -2.60. The second-order valence-corrected chi connectivity index (χ2v) is 12.9. The van der Waals surface area contributed by atoms with E-state index in [9.17, 15) is 4.79 Å². The molecule has 0 aromatic carbocycles. The van der Waals surface area contributed by atoms with Crippen molar-refractivity contribution in [3.05, 3.63) is 0 Å². The van der Waals surface area contributed by atoms with E-state index in [1.807, 2.05) is 0 Å². The molecule has 4 aliphatic carbocycles. The minimum Gasteiger partial charge on any atom is -0.299 e. The molecule has 0 unspecified atom stereocenters. The van der Waals surface area contributed by atoms with Crippen molar-refractivity contribution in [1.82, 2.24) is 0 Å². The van der Waals surface area contributed by atoms with Crippen molar-refractivity contribution in [3.8, 4) is 0 Å². The third kappa shape index (κ3) is 3.55. The summed E-state index contributed by atoms with van der Waals surface area (Å²) >= 11 is 0. The quantitative estimate of drug-likeness (QED) is 0.458. The largest absolute Gasteiger partial charge is 0.299 e. The first kappa shape index (κ1) is 21.9. The molecule has 0 amide bonds. The summed E-state index contributed by atoms with van der Waals surface area (Å²) in [5, 5.41) is 0. The highest BCUT2D eigenvalue weighted by Crippen LogP contribution is 2.67. The van der Waals surface area contributed by atoms with Crippen LogP contribution in [0.15, 0.2) is 0 Å². The van der Waals surface area contributed by atoms with Crippen molar-refractivity contribution in [3.63, 3.8) is 0 Å². The summed E-state index contributed by atoms with van der Waals surface area (Å²) in [6.07, 6.45) is 14.5. The van der Waals surface area contributed by atoms with Crippen molar-refractivity contribution in [2.75, 3.05) is 0 Å². The Balaban J connectivity index is 1.50. The Labute approximate surface area is 181 Å². The maximum Gasteiger partial charge on any atom is 0.136 e. The predicted molar refractivity (Wildman–Crippen MR) is 123 cm³/mol. The fourth-order valence-electron chi connectivity index (χ4n) is 9.13. The van der Waals surface area contributed by atoms with E-state index in [1.54, 1.807) is 0 Å². The van der Waals surface area contributed by atoms with Gasteiger partial charge in [0.05, 0.1) is 0 Å². The first-order valence-corrected chi connectivity index (χ1v) is 13.2. The summed E-state index contributed by atoms with van der Waals surface area (Å²) in [5.41, 5.74) is 0.829. The van der Waals surface area contributed by atoms with Gasteiger partial charge in [-0.05, 0) is 90.8 Å². The third-order valence-corrected chi connectivity index (χ3v) is 11.3. The smallest absolute Gasteiger partial charge is 0.136 e. The van der Waals surface area contributed by atoms with E-state index in [-0.39, 0.29) is 0 Å². The Morgan fingerprint density at radius 2 is 1.59 bits per heavy atom. The Morgan fingerprint density at radius 3 is 2.31 bits per heavy atom. The number of carbonyl (C=O) groups excluding carboxylic acids is 1. The molecule has 0 aromatic rings. The fraction of sp³-hybridized carbons (Fsp3) is 0.964. The van der Waals surface area contributed by atoms with Crippen LogP contribution in [-0.4, -0.2) is 5.78 Å².